The summed E-state index contributed by atoms with van der Waals surface area (Å²) in [7, 11) is -0.554. The Morgan fingerprint density at radius 1 is 1.67 bits per heavy atom. The molecule has 0 radical (unpaired) electrons. The molecule has 0 saturated carbocycles. The van der Waals surface area contributed by atoms with E-state index in [1.807, 2.05) is 0 Å². The smallest absolute Gasteiger partial charge is 0.331 e. The second-order valence-corrected chi connectivity index (χ2v) is 4.11. The summed E-state index contributed by atoms with van der Waals surface area (Å²) in [6.07, 6.45) is -0.0328. The Bertz CT molecular complexity index is 130. The standard InChI is InChI=1S/C5H9O3P/c1-5(2,9-8)3-4(6)7/h3H2,1-2H3,(H,6,7)/p+1. The first kappa shape index (κ1) is 8.57. The molecular weight excluding hydrogens is 139 g/mol. The van der Waals surface area contributed by atoms with Crippen molar-refractivity contribution in [1.29, 1.82) is 0 Å². The fourth-order valence-corrected chi connectivity index (χ4v) is 0.638. The number of carboxylic acid groups (broad SMARTS) is 1. The van der Waals surface area contributed by atoms with Crippen LogP contribution in [0.15, 0.2) is 0 Å². The van der Waals surface area contributed by atoms with Crippen LogP contribution in [0.2, 0.25) is 0 Å². The fourth-order valence-electron chi connectivity index (χ4n) is 0.414. The molecule has 0 aliphatic rings. The first-order valence-corrected chi connectivity index (χ1v) is 3.50. The minimum atomic E-state index is -0.900. The predicted molar refractivity (Wildman–Crippen MR) is 35.3 cm³/mol. The second-order valence-electron chi connectivity index (χ2n) is 2.56. The van der Waals surface area contributed by atoms with Crippen LogP contribution in [0.3, 0.4) is 0 Å². The molecule has 1 atom stereocenters. The molecule has 9 heavy (non-hydrogen) atoms. The van der Waals surface area contributed by atoms with Crippen molar-refractivity contribution < 1.29 is 14.5 Å². The van der Waals surface area contributed by atoms with E-state index in [1.54, 1.807) is 13.8 Å². The zero-order chi connectivity index (χ0) is 7.49. The van der Waals surface area contributed by atoms with Gasteiger partial charge in [-0.15, -0.1) is 0 Å². The van der Waals surface area contributed by atoms with Crippen LogP contribution in [0, 0.1) is 0 Å². The minimum absolute atomic E-state index is 0.0328. The molecular formula is C5H10O3P+. The largest absolute Gasteiger partial charge is 0.481 e. The number of aliphatic carboxylic acids is 1. The van der Waals surface area contributed by atoms with Crippen LogP contribution in [-0.2, 0) is 9.36 Å². The third kappa shape index (κ3) is 4.10. The van der Waals surface area contributed by atoms with Crippen molar-refractivity contribution in [2.24, 2.45) is 0 Å². The first-order chi connectivity index (χ1) is 3.98. The highest BCUT2D eigenvalue weighted by atomic mass is 31.1. The zero-order valence-electron chi connectivity index (χ0n) is 5.47. The lowest BCUT2D eigenvalue weighted by Crippen LogP contribution is -2.16. The zero-order valence-corrected chi connectivity index (χ0v) is 6.47. The van der Waals surface area contributed by atoms with E-state index < -0.39 is 19.6 Å². The van der Waals surface area contributed by atoms with Crippen LogP contribution in [0.4, 0.5) is 0 Å². The van der Waals surface area contributed by atoms with E-state index in [-0.39, 0.29) is 6.42 Å². The summed E-state index contributed by atoms with van der Waals surface area (Å²) >= 11 is 0. The summed E-state index contributed by atoms with van der Waals surface area (Å²) in [4.78, 5) is 10.0. The van der Waals surface area contributed by atoms with Gasteiger partial charge in [0.1, 0.15) is 0 Å². The molecule has 1 N–H and O–H groups in total. The number of rotatable bonds is 3. The maximum absolute atomic E-state index is 10.3. The van der Waals surface area contributed by atoms with E-state index >= 15 is 0 Å². The molecule has 0 bridgehead atoms. The Morgan fingerprint density at radius 2 is 2.11 bits per heavy atom. The summed E-state index contributed by atoms with van der Waals surface area (Å²) in [6.45, 7) is 3.32. The van der Waals surface area contributed by atoms with Crippen molar-refractivity contribution in [1.82, 2.24) is 0 Å². The number of hydrogen-bond donors (Lipinski definition) is 1. The minimum Gasteiger partial charge on any atom is -0.481 e. The molecule has 0 saturated heterocycles. The van der Waals surface area contributed by atoms with Crippen molar-refractivity contribution >= 4 is 14.4 Å². The molecule has 1 unspecified atom stereocenters. The van der Waals surface area contributed by atoms with Crippen LogP contribution in [-0.4, -0.2) is 16.2 Å². The van der Waals surface area contributed by atoms with Gasteiger partial charge in [-0.3, -0.25) is 4.79 Å². The highest BCUT2D eigenvalue weighted by Crippen LogP contribution is 2.24. The third-order valence-corrected chi connectivity index (χ3v) is 1.60. The average molecular weight is 149 g/mol. The Balaban J connectivity index is 3.86. The van der Waals surface area contributed by atoms with E-state index in [0.29, 0.717) is 0 Å². The van der Waals surface area contributed by atoms with Crippen molar-refractivity contribution in [3.63, 3.8) is 0 Å². The van der Waals surface area contributed by atoms with E-state index in [2.05, 4.69) is 0 Å². The molecule has 0 fully saturated rings. The molecule has 4 heteroatoms. The molecule has 3 nitrogen and oxygen atoms in total. The van der Waals surface area contributed by atoms with Gasteiger partial charge in [0.15, 0.2) is 5.16 Å². The van der Waals surface area contributed by atoms with E-state index in [9.17, 15) is 9.36 Å². The first-order valence-electron chi connectivity index (χ1n) is 2.59. The van der Waals surface area contributed by atoms with Gasteiger partial charge in [0.25, 0.3) is 0 Å². The lowest BCUT2D eigenvalue weighted by molar-refractivity contribution is -0.137. The molecule has 0 amide bonds. The molecule has 0 aromatic heterocycles. The maximum Gasteiger partial charge on any atom is 0.331 e. The molecule has 0 heterocycles. The third-order valence-electron chi connectivity index (χ3n) is 0.869. The van der Waals surface area contributed by atoms with Crippen molar-refractivity contribution in [3.8, 4) is 0 Å². The van der Waals surface area contributed by atoms with Crippen molar-refractivity contribution in [2.75, 3.05) is 0 Å². The monoisotopic (exact) mass is 149 g/mol. The molecule has 0 aliphatic heterocycles. The highest BCUT2D eigenvalue weighted by molar-refractivity contribution is 7.26. The molecule has 0 aliphatic carbocycles. The van der Waals surface area contributed by atoms with E-state index in [0.717, 1.165) is 0 Å². The number of hydrogen-bond acceptors (Lipinski definition) is 2. The quantitative estimate of drug-likeness (QED) is 0.614. The molecule has 0 aromatic rings. The maximum atomic E-state index is 10.3. The molecule has 0 aromatic carbocycles. The van der Waals surface area contributed by atoms with Gasteiger partial charge in [-0.05, 0) is 13.8 Å². The van der Waals surface area contributed by atoms with Gasteiger partial charge in [0, 0.05) is 0 Å². The van der Waals surface area contributed by atoms with Crippen LogP contribution >= 0.6 is 8.46 Å². The summed E-state index contributed by atoms with van der Waals surface area (Å²) in [6, 6.07) is 0. The Morgan fingerprint density at radius 3 is 2.22 bits per heavy atom. The average Bonchev–Trinajstić information content (AvgIpc) is 1.63. The van der Waals surface area contributed by atoms with Crippen molar-refractivity contribution in [2.45, 2.75) is 25.4 Å². The fraction of sp³-hybridized carbons (Fsp3) is 0.800. The Kier molecular flexibility index (Phi) is 2.78. The number of carboxylic acids is 1. The van der Waals surface area contributed by atoms with Gasteiger partial charge in [-0.25, -0.2) is 0 Å². The van der Waals surface area contributed by atoms with Crippen molar-refractivity contribution in [3.05, 3.63) is 0 Å². The lowest BCUT2D eigenvalue weighted by atomic mass is 10.1. The van der Waals surface area contributed by atoms with Gasteiger partial charge in [0.05, 0.1) is 6.42 Å². The summed E-state index contributed by atoms with van der Waals surface area (Å²) in [5.74, 6) is -0.900. The van der Waals surface area contributed by atoms with Gasteiger partial charge >= 0.3 is 14.4 Å². The Labute approximate surface area is 55.3 Å². The van der Waals surface area contributed by atoms with Gasteiger partial charge < -0.3 is 5.11 Å². The molecule has 52 valence electrons. The van der Waals surface area contributed by atoms with Gasteiger partial charge in [-0.2, -0.15) is 0 Å². The van der Waals surface area contributed by atoms with Crippen LogP contribution in [0.25, 0.3) is 0 Å². The predicted octanol–water partition coefficient (Wildman–Crippen LogP) is 1.26. The SMILES string of the molecule is CC(C)(CC(=O)O)[PH+]=O. The van der Waals surface area contributed by atoms with Crippen LogP contribution in [0.1, 0.15) is 20.3 Å². The summed E-state index contributed by atoms with van der Waals surface area (Å²) in [5, 5.41) is 7.68. The Hall–Kier alpha value is -0.430. The highest BCUT2D eigenvalue weighted by Gasteiger charge is 2.29. The van der Waals surface area contributed by atoms with Gasteiger partial charge in [-0.1, -0.05) is 4.57 Å². The van der Waals surface area contributed by atoms with Gasteiger partial charge in [0.2, 0.25) is 0 Å². The lowest BCUT2D eigenvalue weighted by Gasteiger charge is -2.02. The second kappa shape index (κ2) is 2.92. The summed E-state index contributed by atoms with van der Waals surface area (Å²) in [5.41, 5.74) is 0. The number of carbonyl (C=O) groups is 1. The molecule has 0 rings (SSSR count). The topological polar surface area (TPSA) is 54.4 Å². The van der Waals surface area contributed by atoms with Crippen LogP contribution < -0.4 is 0 Å². The van der Waals surface area contributed by atoms with E-state index in [1.165, 1.54) is 0 Å². The summed E-state index contributed by atoms with van der Waals surface area (Å²) < 4.78 is 10.3. The van der Waals surface area contributed by atoms with Crippen LogP contribution in [0.5, 0.6) is 0 Å². The normalized spacial score (nSPS) is 11.8. The van der Waals surface area contributed by atoms with E-state index in [4.69, 9.17) is 5.11 Å². The molecule has 0 spiro atoms.